The molecule has 1 aromatic carbocycles. The van der Waals surface area contributed by atoms with E-state index >= 15 is 0 Å². The molecule has 2 nitrogen and oxygen atoms in total. The van der Waals surface area contributed by atoms with Crippen LogP contribution in [0.4, 0.5) is 0 Å². The Morgan fingerprint density at radius 3 is 2.12 bits per heavy atom. The van der Waals surface area contributed by atoms with E-state index in [0.717, 1.165) is 24.2 Å². The topological polar surface area (TPSA) is 26.3 Å². The average Bonchev–Trinajstić information content (AvgIpc) is 2.32. The molecule has 0 aliphatic rings. The zero-order valence-electron chi connectivity index (χ0n) is 10.3. The summed E-state index contributed by atoms with van der Waals surface area (Å²) in [6.07, 6.45) is 1.81. The van der Waals surface area contributed by atoms with Crippen LogP contribution in [0, 0.1) is 5.92 Å². The molecule has 0 unspecified atom stereocenters. The SMILES string of the molecule is CCOc1ccc(C(=O)C(CC)CC)cc1. The molecule has 88 valence electrons. The minimum atomic E-state index is 0.151. The van der Waals surface area contributed by atoms with Gasteiger partial charge in [0.05, 0.1) is 6.61 Å². The normalized spacial score (nSPS) is 10.5. The highest BCUT2D eigenvalue weighted by molar-refractivity contribution is 5.97. The number of hydrogen-bond acceptors (Lipinski definition) is 2. The molecule has 0 heterocycles. The van der Waals surface area contributed by atoms with Crippen LogP contribution in [0.3, 0.4) is 0 Å². The average molecular weight is 220 g/mol. The number of ketones is 1. The lowest BCUT2D eigenvalue weighted by molar-refractivity contribution is 0.0913. The highest BCUT2D eigenvalue weighted by Crippen LogP contribution is 2.18. The van der Waals surface area contributed by atoms with Crippen LogP contribution in [0.25, 0.3) is 0 Å². The maximum absolute atomic E-state index is 12.0. The molecule has 0 aliphatic heterocycles. The van der Waals surface area contributed by atoms with Crippen LogP contribution in [0.1, 0.15) is 44.0 Å². The largest absolute Gasteiger partial charge is 0.494 e. The van der Waals surface area contributed by atoms with Gasteiger partial charge < -0.3 is 4.74 Å². The lowest BCUT2D eigenvalue weighted by atomic mass is 9.93. The molecule has 0 bridgehead atoms. The molecular weight excluding hydrogens is 200 g/mol. The van der Waals surface area contributed by atoms with Crippen LogP contribution in [-0.2, 0) is 0 Å². The van der Waals surface area contributed by atoms with Crippen molar-refractivity contribution >= 4 is 5.78 Å². The molecule has 16 heavy (non-hydrogen) atoms. The number of ether oxygens (including phenoxy) is 1. The van der Waals surface area contributed by atoms with Gasteiger partial charge in [0, 0.05) is 11.5 Å². The predicted octanol–water partition coefficient (Wildman–Crippen LogP) is 3.70. The Morgan fingerprint density at radius 1 is 1.12 bits per heavy atom. The molecule has 0 radical (unpaired) electrons. The molecule has 1 rings (SSSR count). The maximum Gasteiger partial charge on any atom is 0.165 e. The molecule has 0 saturated heterocycles. The number of carbonyl (C=O) groups excluding carboxylic acids is 1. The molecule has 2 heteroatoms. The molecule has 0 atom stereocenters. The summed E-state index contributed by atoms with van der Waals surface area (Å²) in [4.78, 5) is 12.0. The van der Waals surface area contributed by atoms with E-state index in [0.29, 0.717) is 6.61 Å². The van der Waals surface area contributed by atoms with Crippen LogP contribution >= 0.6 is 0 Å². The second kappa shape index (κ2) is 6.31. The summed E-state index contributed by atoms with van der Waals surface area (Å²) >= 11 is 0. The monoisotopic (exact) mass is 220 g/mol. The lowest BCUT2D eigenvalue weighted by Crippen LogP contribution is -2.12. The van der Waals surface area contributed by atoms with Crippen molar-refractivity contribution in [1.82, 2.24) is 0 Å². The van der Waals surface area contributed by atoms with E-state index in [9.17, 15) is 4.79 Å². The number of carbonyl (C=O) groups is 1. The van der Waals surface area contributed by atoms with Crippen molar-refractivity contribution in [3.05, 3.63) is 29.8 Å². The molecule has 0 N–H and O–H groups in total. The van der Waals surface area contributed by atoms with E-state index < -0.39 is 0 Å². The Bertz CT molecular complexity index is 323. The summed E-state index contributed by atoms with van der Waals surface area (Å²) in [5, 5.41) is 0. The molecule has 1 aromatic rings. The molecule has 0 aliphatic carbocycles. The van der Waals surface area contributed by atoms with Crippen molar-refractivity contribution in [1.29, 1.82) is 0 Å². The van der Waals surface area contributed by atoms with E-state index in [1.165, 1.54) is 0 Å². The third-order valence-corrected chi connectivity index (χ3v) is 2.81. The zero-order valence-corrected chi connectivity index (χ0v) is 10.3. The van der Waals surface area contributed by atoms with Gasteiger partial charge in [0.1, 0.15) is 5.75 Å². The maximum atomic E-state index is 12.0. The molecular formula is C14H20O2. The minimum absolute atomic E-state index is 0.151. The van der Waals surface area contributed by atoms with Gasteiger partial charge in [0.2, 0.25) is 0 Å². The Balaban J connectivity index is 2.76. The fourth-order valence-corrected chi connectivity index (χ4v) is 1.78. The fraction of sp³-hybridized carbons (Fsp3) is 0.500. The minimum Gasteiger partial charge on any atom is -0.494 e. The van der Waals surface area contributed by atoms with E-state index in [4.69, 9.17) is 4.74 Å². The first kappa shape index (κ1) is 12.8. The van der Waals surface area contributed by atoms with Crippen molar-refractivity contribution in [3.63, 3.8) is 0 Å². The first-order valence-electron chi connectivity index (χ1n) is 5.99. The van der Waals surface area contributed by atoms with Gasteiger partial charge in [-0.25, -0.2) is 0 Å². The van der Waals surface area contributed by atoms with Crippen molar-refractivity contribution in [3.8, 4) is 5.75 Å². The summed E-state index contributed by atoms with van der Waals surface area (Å²) in [5.41, 5.74) is 0.789. The van der Waals surface area contributed by atoms with Crippen LogP contribution in [0.2, 0.25) is 0 Å². The van der Waals surface area contributed by atoms with Gasteiger partial charge in [-0.1, -0.05) is 13.8 Å². The molecule has 0 aromatic heterocycles. The molecule has 0 spiro atoms. The van der Waals surface area contributed by atoms with Crippen molar-refractivity contribution < 1.29 is 9.53 Å². The second-order valence-corrected chi connectivity index (χ2v) is 3.84. The van der Waals surface area contributed by atoms with E-state index in [-0.39, 0.29) is 11.7 Å². The molecule has 0 fully saturated rings. The summed E-state index contributed by atoms with van der Waals surface area (Å²) in [7, 11) is 0. The van der Waals surface area contributed by atoms with Gasteiger partial charge in [-0.3, -0.25) is 4.79 Å². The third kappa shape index (κ3) is 3.09. The van der Waals surface area contributed by atoms with Gasteiger partial charge >= 0.3 is 0 Å². The van der Waals surface area contributed by atoms with Crippen molar-refractivity contribution in [2.45, 2.75) is 33.6 Å². The van der Waals surface area contributed by atoms with Crippen LogP contribution in [0.5, 0.6) is 5.75 Å². The van der Waals surface area contributed by atoms with E-state index in [1.807, 2.05) is 31.2 Å². The Morgan fingerprint density at radius 2 is 1.69 bits per heavy atom. The lowest BCUT2D eigenvalue weighted by Gasteiger charge is -2.11. The standard InChI is InChI=1S/C14H20O2/c1-4-11(5-2)14(15)12-7-9-13(10-8-12)16-6-3/h7-11H,4-6H2,1-3H3. The number of rotatable bonds is 6. The number of benzene rings is 1. The second-order valence-electron chi connectivity index (χ2n) is 3.84. The number of Topliss-reactive ketones (excluding diaryl/α,β-unsaturated/α-hetero) is 1. The zero-order chi connectivity index (χ0) is 12.0. The predicted molar refractivity (Wildman–Crippen MR) is 66.0 cm³/mol. The van der Waals surface area contributed by atoms with E-state index in [1.54, 1.807) is 0 Å². The van der Waals surface area contributed by atoms with Gasteiger partial charge in [-0.05, 0) is 44.0 Å². The van der Waals surface area contributed by atoms with Gasteiger partial charge in [-0.2, -0.15) is 0 Å². The van der Waals surface area contributed by atoms with Crippen LogP contribution < -0.4 is 4.74 Å². The van der Waals surface area contributed by atoms with E-state index in [2.05, 4.69) is 13.8 Å². The van der Waals surface area contributed by atoms with Gasteiger partial charge in [0.15, 0.2) is 5.78 Å². The summed E-state index contributed by atoms with van der Waals surface area (Å²) < 4.78 is 5.34. The Kier molecular flexibility index (Phi) is 5.03. The van der Waals surface area contributed by atoms with Crippen LogP contribution in [0.15, 0.2) is 24.3 Å². The first-order valence-corrected chi connectivity index (χ1v) is 5.99. The van der Waals surface area contributed by atoms with Gasteiger partial charge in [0.25, 0.3) is 0 Å². The highest BCUT2D eigenvalue weighted by Gasteiger charge is 2.15. The van der Waals surface area contributed by atoms with Gasteiger partial charge in [-0.15, -0.1) is 0 Å². The third-order valence-electron chi connectivity index (χ3n) is 2.81. The van der Waals surface area contributed by atoms with Crippen molar-refractivity contribution in [2.24, 2.45) is 5.92 Å². The Labute approximate surface area is 97.6 Å². The summed E-state index contributed by atoms with van der Waals surface area (Å²) in [6.45, 7) is 6.71. The quantitative estimate of drug-likeness (QED) is 0.683. The molecule has 0 amide bonds. The van der Waals surface area contributed by atoms with Crippen molar-refractivity contribution in [2.75, 3.05) is 6.61 Å². The highest BCUT2D eigenvalue weighted by atomic mass is 16.5. The fourth-order valence-electron chi connectivity index (χ4n) is 1.78. The molecule has 0 saturated carbocycles. The smallest absolute Gasteiger partial charge is 0.165 e. The van der Waals surface area contributed by atoms with Crippen LogP contribution in [-0.4, -0.2) is 12.4 Å². The summed E-state index contributed by atoms with van der Waals surface area (Å²) in [6, 6.07) is 7.43. The Hall–Kier alpha value is -1.31. The first-order chi connectivity index (χ1) is 7.72. The summed E-state index contributed by atoms with van der Waals surface area (Å²) in [5.74, 6) is 1.22. The number of hydrogen-bond donors (Lipinski definition) is 0.